The zero-order valence-corrected chi connectivity index (χ0v) is 14.0. The highest BCUT2D eigenvalue weighted by molar-refractivity contribution is 7.99. The number of nitrogens with zero attached hydrogens (tertiary/aromatic N) is 1. The molecule has 25 heavy (non-hydrogen) atoms. The molecule has 3 amide bonds. The molecule has 0 bridgehead atoms. The quantitative estimate of drug-likeness (QED) is 0.494. The Morgan fingerprint density at radius 3 is 2.20 bits per heavy atom. The van der Waals surface area contributed by atoms with E-state index in [0.717, 1.165) is 4.90 Å². The molecule has 3 rings (SSSR count). The van der Waals surface area contributed by atoms with E-state index in [4.69, 9.17) is 0 Å². The molecule has 5 nitrogen and oxygen atoms in total. The minimum atomic E-state index is -2.51. The van der Waals surface area contributed by atoms with E-state index < -0.39 is 11.7 Å². The fraction of sp³-hybridized carbons (Fsp3) is 0.353. The second-order valence-electron chi connectivity index (χ2n) is 5.87. The van der Waals surface area contributed by atoms with E-state index in [1.165, 1.54) is 24.3 Å². The summed E-state index contributed by atoms with van der Waals surface area (Å²) in [5.74, 6) is -4.35. The van der Waals surface area contributed by atoms with Crippen LogP contribution in [0, 0.1) is 11.8 Å². The van der Waals surface area contributed by atoms with Crippen LogP contribution in [0.2, 0.25) is 0 Å². The van der Waals surface area contributed by atoms with Crippen LogP contribution in [-0.4, -0.2) is 34.9 Å². The van der Waals surface area contributed by atoms with Gasteiger partial charge in [-0.2, -0.15) is 8.78 Å². The number of likely N-dealkylation sites (tertiary alicyclic amines) is 1. The zero-order valence-electron chi connectivity index (χ0n) is 13.2. The van der Waals surface area contributed by atoms with Gasteiger partial charge in [0, 0.05) is 10.6 Å². The lowest BCUT2D eigenvalue weighted by Gasteiger charge is -2.14. The summed E-state index contributed by atoms with van der Waals surface area (Å²) < 4.78 is 24.6. The molecular weight excluding hydrogens is 350 g/mol. The van der Waals surface area contributed by atoms with Crippen molar-refractivity contribution >= 4 is 35.2 Å². The first-order chi connectivity index (χ1) is 12.0. The van der Waals surface area contributed by atoms with Crippen LogP contribution in [-0.2, 0) is 14.4 Å². The number of fused-ring (bicyclic) bond motifs is 1. The Hall–Kier alpha value is -2.22. The van der Waals surface area contributed by atoms with Gasteiger partial charge in [-0.25, -0.2) is 0 Å². The van der Waals surface area contributed by atoms with Crippen LogP contribution in [0.3, 0.4) is 0 Å². The molecule has 1 fully saturated rings. The molecule has 0 spiro atoms. The molecule has 2 atom stereocenters. The summed E-state index contributed by atoms with van der Waals surface area (Å²) in [6, 6.07) is 5.94. The fourth-order valence-corrected chi connectivity index (χ4v) is 3.59. The van der Waals surface area contributed by atoms with Crippen LogP contribution < -0.4 is 5.32 Å². The van der Waals surface area contributed by atoms with Crippen molar-refractivity contribution < 1.29 is 23.2 Å². The number of nitrogens with one attached hydrogen (secondary N) is 1. The second kappa shape index (κ2) is 7.35. The summed E-state index contributed by atoms with van der Waals surface area (Å²) in [5.41, 5.74) is 0.418. The molecule has 1 aliphatic heterocycles. The number of allylic oxidation sites excluding steroid dienone is 2. The number of imide groups is 1. The summed E-state index contributed by atoms with van der Waals surface area (Å²) in [6.07, 6.45) is 4.82. The summed E-state index contributed by atoms with van der Waals surface area (Å²) >= 11 is 0.415. The maximum Gasteiger partial charge on any atom is 0.288 e. The molecule has 2 aliphatic rings. The van der Waals surface area contributed by atoms with Gasteiger partial charge in [0.15, 0.2) is 0 Å². The van der Waals surface area contributed by atoms with E-state index in [-0.39, 0.29) is 30.2 Å². The van der Waals surface area contributed by atoms with Crippen LogP contribution in [0.1, 0.15) is 12.8 Å². The van der Waals surface area contributed by atoms with Crippen molar-refractivity contribution in [1.29, 1.82) is 0 Å². The topological polar surface area (TPSA) is 66.5 Å². The third kappa shape index (κ3) is 3.89. The molecule has 0 aromatic heterocycles. The van der Waals surface area contributed by atoms with Crippen molar-refractivity contribution in [2.75, 3.05) is 11.9 Å². The smallest absolute Gasteiger partial charge is 0.288 e. The Labute approximate surface area is 147 Å². The number of hydrogen-bond donors (Lipinski definition) is 1. The number of amides is 3. The van der Waals surface area contributed by atoms with Gasteiger partial charge in [-0.3, -0.25) is 19.3 Å². The average molecular weight is 366 g/mol. The van der Waals surface area contributed by atoms with Crippen molar-refractivity contribution in [3.8, 4) is 0 Å². The van der Waals surface area contributed by atoms with Crippen LogP contribution >= 0.6 is 11.8 Å². The minimum Gasteiger partial charge on any atom is -0.325 e. The van der Waals surface area contributed by atoms with E-state index in [1.807, 2.05) is 12.2 Å². The van der Waals surface area contributed by atoms with Gasteiger partial charge in [-0.1, -0.05) is 23.9 Å². The molecule has 1 aromatic rings. The Morgan fingerprint density at radius 1 is 1.12 bits per heavy atom. The van der Waals surface area contributed by atoms with E-state index >= 15 is 0 Å². The highest BCUT2D eigenvalue weighted by Gasteiger charge is 2.47. The maximum absolute atomic E-state index is 12.3. The number of rotatable bonds is 5. The lowest BCUT2D eigenvalue weighted by Crippen LogP contribution is -2.38. The first-order valence-corrected chi connectivity index (χ1v) is 8.68. The summed E-state index contributed by atoms with van der Waals surface area (Å²) in [6.45, 7) is -0.335. The third-order valence-corrected chi connectivity index (χ3v) is 4.99. The highest BCUT2D eigenvalue weighted by atomic mass is 32.2. The number of benzene rings is 1. The first kappa shape index (κ1) is 17.6. The molecule has 1 N–H and O–H groups in total. The average Bonchev–Trinajstić information content (AvgIpc) is 2.82. The van der Waals surface area contributed by atoms with Gasteiger partial charge in [0.2, 0.25) is 17.7 Å². The number of hydrogen-bond acceptors (Lipinski definition) is 4. The van der Waals surface area contributed by atoms with Gasteiger partial charge in [-0.05, 0) is 37.1 Å². The number of carbonyl (C=O) groups is 3. The van der Waals surface area contributed by atoms with Crippen LogP contribution in [0.4, 0.5) is 14.5 Å². The van der Waals surface area contributed by atoms with Crippen molar-refractivity contribution in [2.45, 2.75) is 23.5 Å². The number of halogens is 2. The second-order valence-corrected chi connectivity index (χ2v) is 6.93. The molecule has 1 aliphatic carbocycles. The predicted octanol–water partition coefficient (Wildman–Crippen LogP) is 2.89. The number of alkyl halides is 2. The Balaban J connectivity index is 1.59. The maximum atomic E-state index is 12.3. The van der Waals surface area contributed by atoms with E-state index in [0.29, 0.717) is 35.2 Å². The summed E-state index contributed by atoms with van der Waals surface area (Å²) in [5, 5.41) is 2.57. The van der Waals surface area contributed by atoms with Gasteiger partial charge >= 0.3 is 0 Å². The standard InChI is InChI=1S/C17H16F2N2O3S/c18-17(19)25-11-7-5-10(6-8-11)20-14(22)9-21-15(23)12-3-1-2-4-13(12)16(21)24/h1-2,5-8,12-13,17H,3-4,9H2,(H,20,22)/t12-,13-/m0/s1. The van der Waals surface area contributed by atoms with Gasteiger partial charge < -0.3 is 5.32 Å². The van der Waals surface area contributed by atoms with Gasteiger partial charge in [0.25, 0.3) is 5.76 Å². The molecule has 1 saturated heterocycles. The third-order valence-electron chi connectivity index (χ3n) is 4.26. The van der Waals surface area contributed by atoms with Gasteiger partial charge in [-0.15, -0.1) is 0 Å². The lowest BCUT2D eigenvalue weighted by molar-refractivity contribution is -0.142. The molecule has 0 radical (unpaired) electrons. The van der Waals surface area contributed by atoms with Crippen LogP contribution in [0.5, 0.6) is 0 Å². The van der Waals surface area contributed by atoms with E-state index in [9.17, 15) is 23.2 Å². The van der Waals surface area contributed by atoms with Crippen LogP contribution in [0.25, 0.3) is 0 Å². The van der Waals surface area contributed by atoms with Crippen LogP contribution in [0.15, 0.2) is 41.3 Å². The molecule has 1 aromatic carbocycles. The van der Waals surface area contributed by atoms with Crippen molar-refractivity contribution in [2.24, 2.45) is 11.8 Å². The zero-order chi connectivity index (χ0) is 18.0. The Bertz CT molecular complexity index is 695. The Morgan fingerprint density at radius 2 is 1.68 bits per heavy atom. The monoisotopic (exact) mass is 366 g/mol. The van der Waals surface area contributed by atoms with Gasteiger partial charge in [0.05, 0.1) is 11.8 Å². The van der Waals surface area contributed by atoms with E-state index in [1.54, 1.807) is 0 Å². The molecule has 0 unspecified atom stereocenters. The number of carbonyl (C=O) groups excluding carboxylic acids is 3. The van der Waals surface area contributed by atoms with Gasteiger partial charge in [0.1, 0.15) is 6.54 Å². The molecule has 0 saturated carbocycles. The summed E-state index contributed by atoms with van der Waals surface area (Å²) in [7, 11) is 0. The van der Waals surface area contributed by atoms with Crippen molar-refractivity contribution in [3.05, 3.63) is 36.4 Å². The molecule has 132 valence electrons. The minimum absolute atomic E-state index is 0.307. The SMILES string of the molecule is O=C(CN1C(=O)[C@H]2CC=CC[C@@H]2C1=O)Nc1ccc(SC(F)F)cc1. The number of thioether (sulfide) groups is 1. The van der Waals surface area contributed by atoms with Crippen molar-refractivity contribution in [3.63, 3.8) is 0 Å². The molecule has 8 heteroatoms. The fourth-order valence-electron chi connectivity index (χ4n) is 3.09. The van der Waals surface area contributed by atoms with Crippen molar-refractivity contribution in [1.82, 2.24) is 4.90 Å². The summed E-state index contributed by atoms with van der Waals surface area (Å²) in [4.78, 5) is 38.1. The Kier molecular flexibility index (Phi) is 5.17. The molecular formula is C17H16F2N2O3S. The molecule has 1 heterocycles. The van der Waals surface area contributed by atoms with E-state index in [2.05, 4.69) is 5.32 Å². The normalized spacial score (nSPS) is 22.4. The lowest BCUT2D eigenvalue weighted by atomic mass is 9.85. The number of anilines is 1. The largest absolute Gasteiger partial charge is 0.325 e. The highest BCUT2D eigenvalue weighted by Crippen LogP contribution is 2.34. The predicted molar refractivity (Wildman–Crippen MR) is 89.0 cm³/mol. The first-order valence-electron chi connectivity index (χ1n) is 7.80.